The Labute approximate surface area is 66.5 Å². The molecule has 11 heavy (non-hydrogen) atoms. The molecule has 0 radical (unpaired) electrons. The van der Waals surface area contributed by atoms with Crippen LogP contribution in [0.2, 0.25) is 0 Å². The molecule has 1 rings (SSSR count). The van der Waals surface area contributed by atoms with Gasteiger partial charge < -0.3 is 10.2 Å². The number of carboxylic acids is 1. The van der Waals surface area contributed by atoms with Gasteiger partial charge in [-0.2, -0.15) is 4.37 Å². The Hall–Kier alpha value is -1.01. The molecule has 2 N–H and O–H groups in total. The van der Waals surface area contributed by atoms with Crippen LogP contribution in [0.3, 0.4) is 0 Å². The topological polar surface area (TPSA) is 83.3 Å². The molecule has 0 aliphatic carbocycles. The van der Waals surface area contributed by atoms with Gasteiger partial charge in [0.15, 0.2) is 5.82 Å². The van der Waals surface area contributed by atoms with Crippen molar-refractivity contribution < 1.29 is 15.0 Å². The van der Waals surface area contributed by atoms with Crippen molar-refractivity contribution in [1.82, 2.24) is 9.36 Å². The highest BCUT2D eigenvalue weighted by atomic mass is 32.1. The standard InChI is InChI=1S/C5H6N2O3S/c1-2-6-4(7-11-2)3(8)5(9)10/h3,8H,1H3,(H,9,10). The first-order valence-electron chi connectivity index (χ1n) is 2.82. The van der Waals surface area contributed by atoms with Gasteiger partial charge in [-0.05, 0) is 18.5 Å². The van der Waals surface area contributed by atoms with Crippen LogP contribution in [0.5, 0.6) is 0 Å². The molecule has 1 aromatic heterocycles. The number of rotatable bonds is 2. The second-order valence-electron chi connectivity index (χ2n) is 1.91. The summed E-state index contributed by atoms with van der Waals surface area (Å²) in [5.41, 5.74) is 0. The number of aliphatic hydroxyl groups excluding tert-OH is 1. The molecule has 0 amide bonds. The summed E-state index contributed by atoms with van der Waals surface area (Å²) in [5, 5.41) is 17.9. The van der Waals surface area contributed by atoms with Crippen LogP contribution >= 0.6 is 11.5 Å². The van der Waals surface area contributed by atoms with E-state index in [9.17, 15) is 4.79 Å². The third-order valence-electron chi connectivity index (χ3n) is 1.02. The number of nitrogens with zero attached hydrogens (tertiary/aromatic N) is 2. The van der Waals surface area contributed by atoms with Crippen molar-refractivity contribution in [1.29, 1.82) is 0 Å². The summed E-state index contributed by atoms with van der Waals surface area (Å²) in [7, 11) is 0. The first kappa shape index (κ1) is 8.09. The molecule has 0 saturated heterocycles. The molecule has 0 aromatic carbocycles. The molecule has 0 saturated carbocycles. The van der Waals surface area contributed by atoms with E-state index in [0.717, 1.165) is 11.5 Å². The number of aromatic nitrogens is 2. The normalized spacial score (nSPS) is 12.9. The van der Waals surface area contributed by atoms with Gasteiger partial charge in [-0.15, -0.1) is 0 Å². The first-order chi connectivity index (χ1) is 5.11. The minimum absolute atomic E-state index is 0.0417. The molecule has 0 bridgehead atoms. The predicted molar refractivity (Wildman–Crippen MR) is 37.2 cm³/mol. The summed E-state index contributed by atoms with van der Waals surface area (Å²) in [4.78, 5) is 13.9. The lowest BCUT2D eigenvalue weighted by Crippen LogP contribution is -2.11. The summed E-state index contributed by atoms with van der Waals surface area (Å²) in [5.74, 6) is -1.37. The molecule has 60 valence electrons. The van der Waals surface area contributed by atoms with Crippen LogP contribution in [-0.4, -0.2) is 25.5 Å². The Morgan fingerprint density at radius 2 is 2.36 bits per heavy atom. The minimum Gasteiger partial charge on any atom is -0.479 e. The number of hydrogen-bond donors (Lipinski definition) is 2. The minimum atomic E-state index is -1.60. The highest BCUT2D eigenvalue weighted by molar-refractivity contribution is 7.05. The van der Waals surface area contributed by atoms with Crippen molar-refractivity contribution in [3.05, 3.63) is 10.8 Å². The highest BCUT2D eigenvalue weighted by Crippen LogP contribution is 2.11. The van der Waals surface area contributed by atoms with E-state index < -0.39 is 12.1 Å². The highest BCUT2D eigenvalue weighted by Gasteiger charge is 2.19. The zero-order valence-electron chi connectivity index (χ0n) is 5.68. The molecule has 6 heteroatoms. The predicted octanol–water partition coefficient (Wildman–Crippen LogP) is -0.0355. The van der Waals surface area contributed by atoms with E-state index in [1.54, 1.807) is 6.92 Å². The number of aliphatic hydroxyl groups is 1. The van der Waals surface area contributed by atoms with Gasteiger partial charge in [-0.3, -0.25) is 0 Å². The number of aryl methyl sites for hydroxylation is 1. The fourth-order valence-electron chi connectivity index (χ4n) is 0.536. The maximum Gasteiger partial charge on any atom is 0.340 e. The van der Waals surface area contributed by atoms with Crippen LogP contribution < -0.4 is 0 Å². The molecule has 1 heterocycles. The maximum atomic E-state index is 10.2. The van der Waals surface area contributed by atoms with Gasteiger partial charge in [0, 0.05) is 0 Å². The fourth-order valence-corrected chi connectivity index (χ4v) is 1.04. The Morgan fingerprint density at radius 1 is 1.73 bits per heavy atom. The molecule has 5 nitrogen and oxygen atoms in total. The third-order valence-corrected chi connectivity index (χ3v) is 1.66. The zero-order valence-corrected chi connectivity index (χ0v) is 6.50. The molecular formula is C5H6N2O3S. The largest absolute Gasteiger partial charge is 0.479 e. The van der Waals surface area contributed by atoms with Gasteiger partial charge in [-0.25, -0.2) is 9.78 Å². The van der Waals surface area contributed by atoms with E-state index >= 15 is 0 Å². The van der Waals surface area contributed by atoms with Crippen LogP contribution in [-0.2, 0) is 4.79 Å². The molecule has 0 aliphatic heterocycles. The molecule has 0 aliphatic rings. The number of carboxylic acid groups (broad SMARTS) is 1. The summed E-state index contributed by atoms with van der Waals surface area (Å²) >= 11 is 1.07. The van der Waals surface area contributed by atoms with Crippen molar-refractivity contribution in [3.63, 3.8) is 0 Å². The monoisotopic (exact) mass is 174 g/mol. The quantitative estimate of drug-likeness (QED) is 0.657. The van der Waals surface area contributed by atoms with Gasteiger partial charge in [0.25, 0.3) is 0 Å². The maximum absolute atomic E-state index is 10.2. The summed E-state index contributed by atoms with van der Waals surface area (Å²) in [6.07, 6.45) is -1.60. The second kappa shape index (κ2) is 2.93. The fraction of sp³-hybridized carbons (Fsp3) is 0.400. The molecule has 0 spiro atoms. The second-order valence-corrected chi connectivity index (χ2v) is 2.87. The molecule has 1 atom stereocenters. The number of aliphatic carboxylic acids is 1. The summed E-state index contributed by atoms with van der Waals surface area (Å²) in [6, 6.07) is 0. The zero-order chi connectivity index (χ0) is 8.43. The van der Waals surface area contributed by atoms with Crippen LogP contribution in [0.1, 0.15) is 16.9 Å². The third kappa shape index (κ3) is 1.72. The number of carbonyl (C=O) groups is 1. The Balaban J connectivity index is 2.84. The van der Waals surface area contributed by atoms with Crippen LogP contribution in [0.4, 0.5) is 0 Å². The van der Waals surface area contributed by atoms with Crippen molar-refractivity contribution in [2.45, 2.75) is 13.0 Å². The van der Waals surface area contributed by atoms with E-state index in [1.807, 2.05) is 0 Å². The molecular weight excluding hydrogens is 168 g/mol. The average Bonchev–Trinajstić information content (AvgIpc) is 2.34. The average molecular weight is 174 g/mol. The molecule has 0 fully saturated rings. The number of hydrogen-bond acceptors (Lipinski definition) is 5. The lowest BCUT2D eigenvalue weighted by molar-refractivity contribution is -0.147. The van der Waals surface area contributed by atoms with Crippen molar-refractivity contribution >= 4 is 17.5 Å². The van der Waals surface area contributed by atoms with Crippen LogP contribution in [0.25, 0.3) is 0 Å². The summed E-state index contributed by atoms with van der Waals surface area (Å²) < 4.78 is 3.64. The van der Waals surface area contributed by atoms with E-state index in [0.29, 0.717) is 5.01 Å². The smallest absolute Gasteiger partial charge is 0.340 e. The van der Waals surface area contributed by atoms with Crippen LogP contribution in [0.15, 0.2) is 0 Å². The van der Waals surface area contributed by atoms with Crippen molar-refractivity contribution in [2.75, 3.05) is 0 Å². The Morgan fingerprint density at radius 3 is 2.73 bits per heavy atom. The molecule has 1 aromatic rings. The van der Waals surface area contributed by atoms with Gasteiger partial charge in [0.05, 0.1) is 0 Å². The van der Waals surface area contributed by atoms with E-state index in [-0.39, 0.29) is 5.82 Å². The van der Waals surface area contributed by atoms with Gasteiger partial charge >= 0.3 is 5.97 Å². The lowest BCUT2D eigenvalue weighted by Gasteiger charge is -1.96. The van der Waals surface area contributed by atoms with E-state index in [1.165, 1.54) is 0 Å². The van der Waals surface area contributed by atoms with E-state index in [2.05, 4.69) is 9.36 Å². The van der Waals surface area contributed by atoms with E-state index in [4.69, 9.17) is 10.2 Å². The lowest BCUT2D eigenvalue weighted by atomic mass is 10.3. The van der Waals surface area contributed by atoms with Gasteiger partial charge in [0.1, 0.15) is 5.01 Å². The summed E-state index contributed by atoms with van der Waals surface area (Å²) in [6.45, 7) is 1.69. The van der Waals surface area contributed by atoms with Crippen molar-refractivity contribution in [2.24, 2.45) is 0 Å². The Kier molecular flexibility index (Phi) is 2.16. The SMILES string of the molecule is Cc1nc(C(O)C(=O)O)ns1. The van der Waals surface area contributed by atoms with Gasteiger partial charge in [0.2, 0.25) is 6.10 Å². The van der Waals surface area contributed by atoms with Crippen molar-refractivity contribution in [3.8, 4) is 0 Å². The van der Waals surface area contributed by atoms with Gasteiger partial charge in [-0.1, -0.05) is 0 Å². The van der Waals surface area contributed by atoms with Crippen LogP contribution in [0, 0.1) is 6.92 Å². The molecule has 1 unspecified atom stereocenters. The Bertz CT molecular complexity index is 272. The first-order valence-corrected chi connectivity index (χ1v) is 3.59.